The second-order valence-electron chi connectivity index (χ2n) is 7.57. The average Bonchev–Trinajstić information content (AvgIpc) is 2.53. The molecule has 0 aromatic heterocycles. The highest BCUT2D eigenvalue weighted by molar-refractivity contribution is 6.39. The molecule has 1 heterocycles. The van der Waals surface area contributed by atoms with Gasteiger partial charge in [-0.3, -0.25) is 9.59 Å². The van der Waals surface area contributed by atoms with E-state index in [9.17, 15) is 9.59 Å². The Balaban J connectivity index is 2.23. The molecule has 1 N–H and O–H groups in total. The summed E-state index contributed by atoms with van der Waals surface area (Å²) in [5, 5.41) is 2.92. The van der Waals surface area contributed by atoms with Gasteiger partial charge in [0.15, 0.2) is 0 Å². The van der Waals surface area contributed by atoms with Crippen LogP contribution < -0.4 is 5.32 Å². The molecular weight excluding hydrogens is 300 g/mol. The van der Waals surface area contributed by atoms with Crippen LogP contribution in [0, 0.1) is 5.92 Å². The van der Waals surface area contributed by atoms with Crippen molar-refractivity contribution < 1.29 is 9.59 Å². The van der Waals surface area contributed by atoms with Gasteiger partial charge < -0.3 is 10.2 Å². The van der Waals surface area contributed by atoms with Crippen LogP contribution in [-0.2, 0) is 9.59 Å². The number of nitrogens with one attached hydrogen (secondary N) is 1. The number of carbonyl (C=O) groups is 2. The molecular formula is C20H30N2O2. The minimum absolute atomic E-state index is 0.282. The maximum Gasteiger partial charge on any atom is 0.313 e. The lowest BCUT2D eigenvalue weighted by Crippen LogP contribution is -2.44. The van der Waals surface area contributed by atoms with Crippen LogP contribution in [0.1, 0.15) is 70.4 Å². The third-order valence-electron chi connectivity index (χ3n) is 4.75. The van der Waals surface area contributed by atoms with Crippen LogP contribution in [0.3, 0.4) is 0 Å². The van der Waals surface area contributed by atoms with Gasteiger partial charge in [-0.25, -0.2) is 0 Å². The molecule has 24 heavy (non-hydrogen) atoms. The molecule has 1 unspecified atom stereocenters. The number of piperidine rings is 1. The zero-order valence-electron chi connectivity index (χ0n) is 15.6. The molecule has 4 heteroatoms. The van der Waals surface area contributed by atoms with E-state index in [1.165, 1.54) is 0 Å². The molecule has 1 aliphatic heterocycles. The number of carbonyl (C=O) groups excluding carboxylic acids is 2. The van der Waals surface area contributed by atoms with Crippen molar-refractivity contribution in [2.45, 2.75) is 59.3 Å². The second kappa shape index (κ2) is 7.82. The fourth-order valence-electron chi connectivity index (χ4n) is 3.38. The Morgan fingerprint density at radius 1 is 1.12 bits per heavy atom. The fourth-order valence-corrected chi connectivity index (χ4v) is 3.38. The lowest BCUT2D eigenvalue weighted by atomic mass is 9.92. The molecule has 0 spiro atoms. The van der Waals surface area contributed by atoms with E-state index in [1.54, 1.807) is 4.90 Å². The molecule has 1 aliphatic rings. The van der Waals surface area contributed by atoms with E-state index in [0.717, 1.165) is 29.7 Å². The lowest BCUT2D eigenvalue weighted by molar-refractivity contribution is -0.144. The number of likely N-dealkylation sites (tertiary alicyclic amines) is 1. The summed E-state index contributed by atoms with van der Waals surface area (Å²) in [6, 6.07) is 6.08. The maximum absolute atomic E-state index is 12.6. The molecule has 0 aliphatic carbocycles. The number of para-hydroxylation sites is 1. The summed E-state index contributed by atoms with van der Waals surface area (Å²) < 4.78 is 0. The van der Waals surface area contributed by atoms with Crippen molar-refractivity contribution in [3.8, 4) is 0 Å². The summed E-state index contributed by atoms with van der Waals surface area (Å²) in [5.41, 5.74) is 2.97. The summed E-state index contributed by atoms with van der Waals surface area (Å²) in [6.07, 6.45) is 2.10. The molecule has 4 nitrogen and oxygen atoms in total. The molecule has 1 aromatic carbocycles. The minimum atomic E-state index is -0.515. The van der Waals surface area contributed by atoms with Crippen LogP contribution in [0.4, 0.5) is 5.69 Å². The maximum atomic E-state index is 12.6. The van der Waals surface area contributed by atoms with E-state index in [2.05, 4.69) is 39.9 Å². The van der Waals surface area contributed by atoms with Crippen molar-refractivity contribution in [3.63, 3.8) is 0 Å². The number of anilines is 1. The van der Waals surface area contributed by atoms with Crippen molar-refractivity contribution in [3.05, 3.63) is 29.3 Å². The van der Waals surface area contributed by atoms with Crippen LogP contribution in [0.25, 0.3) is 0 Å². The van der Waals surface area contributed by atoms with E-state index in [-0.39, 0.29) is 11.8 Å². The van der Waals surface area contributed by atoms with Gasteiger partial charge >= 0.3 is 11.8 Å². The Hall–Kier alpha value is -1.84. The van der Waals surface area contributed by atoms with E-state index < -0.39 is 11.8 Å². The zero-order valence-corrected chi connectivity index (χ0v) is 15.6. The Bertz CT molecular complexity index is 581. The van der Waals surface area contributed by atoms with E-state index in [0.29, 0.717) is 19.0 Å². The summed E-state index contributed by atoms with van der Waals surface area (Å²) in [7, 11) is 0. The summed E-state index contributed by atoms with van der Waals surface area (Å²) in [6.45, 7) is 11.9. The Kier molecular flexibility index (Phi) is 6.03. The third-order valence-corrected chi connectivity index (χ3v) is 4.75. The highest BCUT2D eigenvalue weighted by Crippen LogP contribution is 2.32. The monoisotopic (exact) mass is 330 g/mol. The highest BCUT2D eigenvalue weighted by atomic mass is 16.2. The molecule has 1 fully saturated rings. The molecule has 0 radical (unpaired) electrons. The molecule has 1 atom stereocenters. The van der Waals surface area contributed by atoms with Gasteiger partial charge in [0.1, 0.15) is 0 Å². The minimum Gasteiger partial charge on any atom is -0.334 e. The van der Waals surface area contributed by atoms with Crippen molar-refractivity contribution in [1.82, 2.24) is 4.90 Å². The van der Waals surface area contributed by atoms with Crippen LogP contribution in [0.5, 0.6) is 0 Å². The number of nitrogens with zero attached hydrogens (tertiary/aromatic N) is 1. The second-order valence-corrected chi connectivity index (χ2v) is 7.57. The van der Waals surface area contributed by atoms with Crippen molar-refractivity contribution in [2.75, 3.05) is 18.4 Å². The summed E-state index contributed by atoms with van der Waals surface area (Å²) >= 11 is 0. The van der Waals surface area contributed by atoms with E-state index in [1.807, 2.05) is 18.2 Å². The first-order valence-electron chi connectivity index (χ1n) is 9.04. The highest BCUT2D eigenvalue weighted by Gasteiger charge is 2.27. The first-order chi connectivity index (χ1) is 11.3. The Morgan fingerprint density at radius 3 is 2.21 bits per heavy atom. The molecule has 1 aromatic rings. The van der Waals surface area contributed by atoms with Gasteiger partial charge in [0.05, 0.1) is 0 Å². The number of benzene rings is 1. The Morgan fingerprint density at radius 2 is 1.71 bits per heavy atom. The molecule has 132 valence electrons. The average molecular weight is 330 g/mol. The predicted molar refractivity (Wildman–Crippen MR) is 98.2 cm³/mol. The predicted octanol–water partition coefficient (Wildman–Crippen LogP) is 4.13. The van der Waals surface area contributed by atoms with Gasteiger partial charge in [0.25, 0.3) is 0 Å². The normalized spacial score (nSPS) is 18.1. The summed E-state index contributed by atoms with van der Waals surface area (Å²) in [5.74, 6) is 0.104. The lowest BCUT2D eigenvalue weighted by Gasteiger charge is -2.30. The van der Waals surface area contributed by atoms with Gasteiger partial charge in [-0.1, -0.05) is 52.8 Å². The summed E-state index contributed by atoms with van der Waals surface area (Å²) in [4.78, 5) is 26.8. The first-order valence-corrected chi connectivity index (χ1v) is 9.04. The van der Waals surface area contributed by atoms with Crippen molar-refractivity contribution in [1.29, 1.82) is 0 Å². The number of hydrogen-bond acceptors (Lipinski definition) is 2. The van der Waals surface area contributed by atoms with Gasteiger partial charge in [0, 0.05) is 18.8 Å². The molecule has 0 saturated carbocycles. The molecule has 1 saturated heterocycles. The van der Waals surface area contributed by atoms with E-state index >= 15 is 0 Å². The standard InChI is InChI=1S/C20H30N2O2/c1-13(2)16-9-6-10-17(14(3)4)18(16)21-19(23)20(24)22-11-7-8-15(5)12-22/h6,9-10,13-15H,7-8,11-12H2,1-5H3,(H,21,23). The third kappa shape index (κ3) is 4.16. The van der Waals surface area contributed by atoms with Gasteiger partial charge in [-0.15, -0.1) is 0 Å². The zero-order chi connectivity index (χ0) is 17.9. The van der Waals surface area contributed by atoms with Crippen LogP contribution in [-0.4, -0.2) is 29.8 Å². The van der Waals surface area contributed by atoms with Gasteiger partial charge in [0.2, 0.25) is 0 Å². The quantitative estimate of drug-likeness (QED) is 0.847. The van der Waals surface area contributed by atoms with Crippen LogP contribution in [0.15, 0.2) is 18.2 Å². The number of amides is 2. The number of hydrogen-bond donors (Lipinski definition) is 1. The van der Waals surface area contributed by atoms with Gasteiger partial charge in [-0.05, 0) is 41.7 Å². The largest absolute Gasteiger partial charge is 0.334 e. The fraction of sp³-hybridized carbons (Fsp3) is 0.600. The smallest absolute Gasteiger partial charge is 0.313 e. The first kappa shape index (κ1) is 18.5. The molecule has 2 rings (SSSR count). The van der Waals surface area contributed by atoms with Crippen LogP contribution in [0.2, 0.25) is 0 Å². The molecule has 0 bridgehead atoms. The SMILES string of the molecule is CC1CCCN(C(=O)C(=O)Nc2c(C(C)C)cccc2C(C)C)C1. The van der Waals surface area contributed by atoms with Crippen molar-refractivity contribution >= 4 is 17.5 Å². The number of rotatable bonds is 3. The van der Waals surface area contributed by atoms with Crippen LogP contribution >= 0.6 is 0 Å². The van der Waals surface area contributed by atoms with Gasteiger partial charge in [-0.2, -0.15) is 0 Å². The Labute approximate surface area is 145 Å². The van der Waals surface area contributed by atoms with Crippen molar-refractivity contribution in [2.24, 2.45) is 5.92 Å². The molecule has 2 amide bonds. The van der Waals surface area contributed by atoms with E-state index in [4.69, 9.17) is 0 Å². The topological polar surface area (TPSA) is 49.4 Å².